The lowest BCUT2D eigenvalue weighted by atomic mass is 10.4. The van der Waals surface area contributed by atoms with Crippen molar-refractivity contribution in [3.05, 3.63) is 40.6 Å². The summed E-state index contributed by atoms with van der Waals surface area (Å²) in [6.45, 7) is 2.31. The lowest BCUT2D eigenvalue weighted by molar-refractivity contribution is 0.186. The zero-order valence-corrected chi connectivity index (χ0v) is 12.5. The number of hydrogen-bond donors (Lipinski definition) is 2. The van der Waals surface area contributed by atoms with Gasteiger partial charge in [0, 0.05) is 25.9 Å². The van der Waals surface area contributed by atoms with Crippen molar-refractivity contribution in [3.63, 3.8) is 0 Å². The zero-order chi connectivity index (χ0) is 15.5. The van der Waals surface area contributed by atoms with Crippen LogP contribution in [0.5, 0.6) is 0 Å². The van der Waals surface area contributed by atoms with Gasteiger partial charge in [-0.15, -0.1) is 0 Å². The number of aromatic nitrogens is 3. The summed E-state index contributed by atoms with van der Waals surface area (Å²) in [4.78, 5) is 11.7. The maximum absolute atomic E-state index is 12.2. The summed E-state index contributed by atoms with van der Waals surface area (Å²) in [7, 11) is -2.21. The molecule has 0 fully saturated rings. The highest BCUT2D eigenvalue weighted by Crippen LogP contribution is 2.16. The molecule has 0 saturated heterocycles. The first kappa shape index (κ1) is 15.3. The number of sulfonamides is 1. The lowest BCUT2D eigenvalue weighted by Crippen LogP contribution is -2.22. The molecule has 0 aliphatic carbocycles. The van der Waals surface area contributed by atoms with Gasteiger partial charge in [0.15, 0.2) is 0 Å². The van der Waals surface area contributed by atoms with Crippen LogP contribution in [0.25, 0.3) is 0 Å². The first-order valence-corrected chi connectivity index (χ1v) is 7.64. The van der Waals surface area contributed by atoms with Crippen LogP contribution in [0.1, 0.15) is 5.69 Å². The fourth-order valence-corrected chi connectivity index (χ4v) is 2.96. The third kappa shape index (κ3) is 3.50. The molecule has 0 bridgehead atoms. The monoisotopic (exact) mass is 312 g/mol. The minimum atomic E-state index is -3.74. The van der Waals surface area contributed by atoms with Crippen LogP contribution >= 0.6 is 0 Å². The number of aromatic amines is 1. The molecule has 2 heterocycles. The molecule has 0 unspecified atom stereocenters. The van der Waals surface area contributed by atoms with Gasteiger partial charge in [0.1, 0.15) is 4.90 Å². The Morgan fingerprint density at radius 2 is 2.19 bits per heavy atom. The fourth-order valence-electron chi connectivity index (χ4n) is 1.78. The third-order valence-corrected chi connectivity index (χ3v) is 4.34. The van der Waals surface area contributed by atoms with Crippen molar-refractivity contribution >= 4 is 15.7 Å². The summed E-state index contributed by atoms with van der Waals surface area (Å²) in [5.41, 5.74) is 0.510. The number of methoxy groups -OCH3 is 1. The molecule has 0 saturated carbocycles. The van der Waals surface area contributed by atoms with Crippen molar-refractivity contribution in [2.24, 2.45) is 0 Å². The second kappa shape index (κ2) is 6.10. The first-order chi connectivity index (χ1) is 9.94. The largest absolute Gasteiger partial charge is 0.383 e. The topological polar surface area (TPSA) is 106 Å². The van der Waals surface area contributed by atoms with E-state index in [4.69, 9.17) is 4.74 Å². The van der Waals surface area contributed by atoms with E-state index in [-0.39, 0.29) is 10.5 Å². The van der Waals surface area contributed by atoms with Crippen LogP contribution in [-0.2, 0) is 21.3 Å². The molecule has 9 heteroatoms. The SMILES string of the molecule is COCCn1cc(NS(=O)(=O)c2cn[nH]c2C)ccc1=O. The number of hydrogen-bond acceptors (Lipinski definition) is 5. The average molecular weight is 312 g/mol. The fraction of sp³-hybridized carbons (Fsp3) is 0.333. The van der Waals surface area contributed by atoms with E-state index >= 15 is 0 Å². The summed E-state index contributed by atoms with van der Waals surface area (Å²) in [6, 6.07) is 2.72. The van der Waals surface area contributed by atoms with E-state index < -0.39 is 10.0 Å². The Hall–Kier alpha value is -2.13. The number of nitrogens with one attached hydrogen (secondary N) is 2. The number of aryl methyl sites for hydroxylation is 1. The van der Waals surface area contributed by atoms with Gasteiger partial charge in [0.05, 0.1) is 24.2 Å². The van der Waals surface area contributed by atoms with Crippen LogP contribution in [-0.4, -0.2) is 36.9 Å². The van der Waals surface area contributed by atoms with E-state index in [0.29, 0.717) is 24.5 Å². The Morgan fingerprint density at radius 1 is 1.43 bits per heavy atom. The van der Waals surface area contributed by atoms with Gasteiger partial charge in [0.25, 0.3) is 15.6 Å². The summed E-state index contributed by atoms with van der Waals surface area (Å²) in [5, 5.41) is 6.25. The summed E-state index contributed by atoms with van der Waals surface area (Å²) in [5.74, 6) is 0. The van der Waals surface area contributed by atoms with Crippen molar-refractivity contribution in [2.75, 3.05) is 18.4 Å². The highest BCUT2D eigenvalue weighted by atomic mass is 32.2. The molecule has 114 valence electrons. The standard InChI is InChI=1S/C12H16N4O4S/c1-9-11(7-13-14-9)21(18,19)15-10-3-4-12(17)16(8-10)5-6-20-2/h3-4,7-8,15H,5-6H2,1-2H3,(H,13,14). The quantitative estimate of drug-likeness (QED) is 0.799. The van der Waals surface area contributed by atoms with E-state index in [1.807, 2.05) is 0 Å². The van der Waals surface area contributed by atoms with Gasteiger partial charge in [-0.2, -0.15) is 5.10 Å². The normalized spacial score (nSPS) is 11.5. The number of nitrogens with zero attached hydrogens (tertiary/aromatic N) is 2. The van der Waals surface area contributed by atoms with E-state index in [1.54, 1.807) is 6.92 Å². The minimum absolute atomic E-state index is 0.0668. The summed E-state index contributed by atoms with van der Waals surface area (Å²) in [6.07, 6.45) is 2.67. The molecule has 0 atom stereocenters. The Kier molecular flexibility index (Phi) is 4.43. The Bertz CT molecular complexity index is 779. The highest BCUT2D eigenvalue weighted by molar-refractivity contribution is 7.92. The smallest absolute Gasteiger partial charge is 0.265 e. The maximum atomic E-state index is 12.2. The number of rotatable bonds is 6. The molecular formula is C12H16N4O4S. The van der Waals surface area contributed by atoms with Crippen molar-refractivity contribution in [2.45, 2.75) is 18.4 Å². The average Bonchev–Trinajstić information content (AvgIpc) is 2.86. The van der Waals surface area contributed by atoms with Crippen molar-refractivity contribution < 1.29 is 13.2 Å². The maximum Gasteiger partial charge on any atom is 0.265 e. The molecule has 0 aliphatic rings. The number of anilines is 1. The van der Waals surface area contributed by atoms with Crippen LogP contribution in [0.2, 0.25) is 0 Å². The number of H-pyrrole nitrogens is 1. The van der Waals surface area contributed by atoms with Gasteiger partial charge in [-0.1, -0.05) is 0 Å². The van der Waals surface area contributed by atoms with Crippen LogP contribution in [0.4, 0.5) is 5.69 Å². The van der Waals surface area contributed by atoms with Crippen LogP contribution in [0.3, 0.4) is 0 Å². The second-order valence-corrected chi connectivity index (χ2v) is 6.06. The Balaban J connectivity index is 2.28. The molecule has 0 radical (unpaired) electrons. The first-order valence-electron chi connectivity index (χ1n) is 6.16. The molecule has 2 N–H and O–H groups in total. The Morgan fingerprint density at radius 3 is 2.81 bits per heavy atom. The van der Waals surface area contributed by atoms with Crippen molar-refractivity contribution in [1.29, 1.82) is 0 Å². The minimum Gasteiger partial charge on any atom is -0.383 e. The predicted octanol–water partition coefficient (Wildman–Crippen LogP) is 0.327. The summed E-state index contributed by atoms with van der Waals surface area (Å²) >= 11 is 0. The van der Waals surface area contributed by atoms with Crippen LogP contribution < -0.4 is 10.3 Å². The van der Waals surface area contributed by atoms with Crippen LogP contribution in [0, 0.1) is 6.92 Å². The molecule has 2 rings (SSSR count). The number of pyridine rings is 1. The third-order valence-electron chi connectivity index (χ3n) is 2.85. The van der Waals surface area contributed by atoms with Gasteiger partial charge in [-0.25, -0.2) is 8.42 Å². The predicted molar refractivity (Wildman–Crippen MR) is 76.7 cm³/mol. The van der Waals surface area contributed by atoms with Crippen LogP contribution in [0.15, 0.2) is 34.2 Å². The van der Waals surface area contributed by atoms with Crippen molar-refractivity contribution in [1.82, 2.24) is 14.8 Å². The molecule has 0 aliphatic heterocycles. The van der Waals surface area contributed by atoms with Gasteiger partial charge < -0.3 is 9.30 Å². The summed E-state index contributed by atoms with van der Waals surface area (Å²) < 4.78 is 33.1. The van der Waals surface area contributed by atoms with E-state index in [9.17, 15) is 13.2 Å². The van der Waals surface area contributed by atoms with E-state index in [0.717, 1.165) is 0 Å². The van der Waals surface area contributed by atoms with Gasteiger partial charge in [-0.05, 0) is 13.0 Å². The highest BCUT2D eigenvalue weighted by Gasteiger charge is 2.18. The van der Waals surface area contributed by atoms with Gasteiger partial charge >= 0.3 is 0 Å². The second-order valence-electron chi connectivity index (χ2n) is 4.41. The molecule has 8 nitrogen and oxygen atoms in total. The molecule has 21 heavy (non-hydrogen) atoms. The molecular weight excluding hydrogens is 296 g/mol. The number of ether oxygens (including phenoxy) is 1. The van der Waals surface area contributed by atoms with E-state index in [2.05, 4.69) is 14.9 Å². The van der Waals surface area contributed by atoms with E-state index in [1.165, 1.54) is 36.2 Å². The molecule has 2 aromatic rings. The molecule has 0 amide bonds. The van der Waals surface area contributed by atoms with Gasteiger partial charge in [0.2, 0.25) is 0 Å². The van der Waals surface area contributed by atoms with Gasteiger partial charge in [-0.3, -0.25) is 14.6 Å². The molecule has 0 aromatic carbocycles. The lowest BCUT2D eigenvalue weighted by Gasteiger charge is -2.10. The molecule has 0 spiro atoms. The molecule has 2 aromatic heterocycles. The van der Waals surface area contributed by atoms with Crippen molar-refractivity contribution in [3.8, 4) is 0 Å². The Labute approximate surface area is 121 Å². The zero-order valence-electron chi connectivity index (χ0n) is 11.7.